The zero-order valence-corrected chi connectivity index (χ0v) is 12.6. The van der Waals surface area contributed by atoms with Crippen LogP contribution in [-0.2, 0) is 4.74 Å². The van der Waals surface area contributed by atoms with Crippen molar-refractivity contribution in [3.8, 4) is 0 Å². The number of rotatable bonds is 3. The van der Waals surface area contributed by atoms with Crippen molar-refractivity contribution in [2.45, 2.75) is 51.2 Å². The summed E-state index contributed by atoms with van der Waals surface area (Å²) in [6, 6.07) is 7.05. The highest BCUT2D eigenvalue weighted by molar-refractivity contribution is 5.87. The van der Waals surface area contributed by atoms with Crippen LogP contribution in [0.25, 0.3) is 0 Å². The molecule has 1 aliphatic carbocycles. The van der Waals surface area contributed by atoms with Crippen molar-refractivity contribution in [2.24, 2.45) is 0 Å². The third-order valence-corrected chi connectivity index (χ3v) is 3.49. The van der Waals surface area contributed by atoms with Gasteiger partial charge in [-0.1, -0.05) is 12.1 Å². The first-order chi connectivity index (χ1) is 9.74. The lowest BCUT2D eigenvalue weighted by atomic mass is 9.76. The van der Waals surface area contributed by atoms with Crippen LogP contribution >= 0.6 is 0 Å². The molecule has 0 aromatic heterocycles. The third-order valence-electron chi connectivity index (χ3n) is 3.49. The molecular weight excluding hydrogens is 270 g/mol. The fraction of sp³-hybridized carbons (Fsp3) is 0.500. The number of benzene rings is 1. The maximum absolute atomic E-state index is 11.6. The van der Waals surface area contributed by atoms with Crippen molar-refractivity contribution in [3.05, 3.63) is 35.4 Å². The van der Waals surface area contributed by atoms with Crippen LogP contribution in [0, 0.1) is 0 Å². The minimum absolute atomic E-state index is 0.129. The fourth-order valence-corrected chi connectivity index (χ4v) is 2.38. The molecule has 0 spiro atoms. The zero-order valence-electron chi connectivity index (χ0n) is 12.6. The van der Waals surface area contributed by atoms with E-state index in [1.165, 1.54) is 0 Å². The van der Waals surface area contributed by atoms with Crippen molar-refractivity contribution in [3.63, 3.8) is 0 Å². The quantitative estimate of drug-likeness (QED) is 0.897. The molecule has 1 aliphatic rings. The van der Waals surface area contributed by atoms with Gasteiger partial charge in [-0.2, -0.15) is 0 Å². The van der Waals surface area contributed by atoms with Crippen molar-refractivity contribution >= 4 is 12.1 Å². The number of carboxylic acid groups (broad SMARTS) is 1. The average Bonchev–Trinajstić information content (AvgIpc) is 2.31. The Kier molecular flexibility index (Phi) is 4.21. The summed E-state index contributed by atoms with van der Waals surface area (Å²) in [7, 11) is 0. The first kappa shape index (κ1) is 15.4. The van der Waals surface area contributed by atoms with Crippen LogP contribution in [0.4, 0.5) is 4.79 Å². The molecule has 5 heteroatoms. The molecule has 0 radical (unpaired) electrons. The van der Waals surface area contributed by atoms with Gasteiger partial charge in [-0.3, -0.25) is 0 Å². The first-order valence-corrected chi connectivity index (χ1v) is 7.07. The van der Waals surface area contributed by atoms with E-state index in [-0.39, 0.29) is 12.1 Å². The van der Waals surface area contributed by atoms with Crippen LogP contribution in [0.1, 0.15) is 55.5 Å². The maximum Gasteiger partial charge on any atom is 0.407 e. The Hall–Kier alpha value is -2.04. The van der Waals surface area contributed by atoms with Gasteiger partial charge < -0.3 is 15.2 Å². The van der Waals surface area contributed by atoms with E-state index in [9.17, 15) is 9.59 Å². The summed E-state index contributed by atoms with van der Waals surface area (Å²) in [4.78, 5) is 22.4. The number of carboxylic acids is 1. The zero-order chi connectivity index (χ0) is 15.6. The van der Waals surface area contributed by atoms with Crippen LogP contribution in [0.5, 0.6) is 0 Å². The fourth-order valence-electron chi connectivity index (χ4n) is 2.38. The minimum Gasteiger partial charge on any atom is -0.478 e. The molecule has 0 bridgehead atoms. The number of aromatic carboxylic acids is 1. The molecule has 1 fully saturated rings. The molecule has 0 saturated heterocycles. The Bertz CT molecular complexity index is 524. The average molecular weight is 291 g/mol. The van der Waals surface area contributed by atoms with Crippen molar-refractivity contribution in [1.82, 2.24) is 5.32 Å². The van der Waals surface area contributed by atoms with Gasteiger partial charge in [0.05, 0.1) is 5.56 Å². The van der Waals surface area contributed by atoms with Gasteiger partial charge in [0.1, 0.15) is 5.60 Å². The molecule has 1 aromatic carbocycles. The molecule has 0 aliphatic heterocycles. The Labute approximate surface area is 124 Å². The number of alkyl carbamates (subject to hydrolysis) is 1. The van der Waals surface area contributed by atoms with Crippen molar-refractivity contribution in [2.75, 3.05) is 0 Å². The SMILES string of the molecule is CC(C)(C)OC(=O)NC1CC(c2ccc(C(=O)O)cc2)C1. The Morgan fingerprint density at radius 1 is 1.19 bits per heavy atom. The highest BCUT2D eigenvalue weighted by Gasteiger charge is 2.32. The highest BCUT2D eigenvalue weighted by Crippen LogP contribution is 2.37. The largest absolute Gasteiger partial charge is 0.478 e. The van der Waals surface area contributed by atoms with Gasteiger partial charge in [-0.15, -0.1) is 0 Å². The lowest BCUT2D eigenvalue weighted by Crippen LogP contribution is -2.45. The summed E-state index contributed by atoms with van der Waals surface area (Å²) in [5, 5.41) is 11.7. The molecule has 0 atom stereocenters. The standard InChI is InChI=1S/C16H21NO4/c1-16(2,3)21-15(20)17-13-8-12(9-13)10-4-6-11(7-5-10)14(18)19/h4-7,12-13H,8-9H2,1-3H3,(H,17,20)(H,18,19). The summed E-state index contributed by atoms with van der Waals surface area (Å²) in [6.07, 6.45) is 1.32. The second-order valence-electron chi connectivity index (χ2n) is 6.44. The van der Waals surface area contributed by atoms with Gasteiger partial charge in [0.15, 0.2) is 0 Å². The van der Waals surface area contributed by atoms with Crippen molar-refractivity contribution in [1.29, 1.82) is 0 Å². The number of carbonyl (C=O) groups excluding carboxylic acids is 1. The lowest BCUT2D eigenvalue weighted by Gasteiger charge is -2.36. The molecule has 5 nitrogen and oxygen atoms in total. The summed E-state index contributed by atoms with van der Waals surface area (Å²) in [5.74, 6) is -0.549. The van der Waals surface area contributed by atoms with Crippen LogP contribution < -0.4 is 5.32 Å². The van der Waals surface area contributed by atoms with Crippen LogP contribution in [0.2, 0.25) is 0 Å². The minimum atomic E-state index is -0.917. The number of hydrogen-bond acceptors (Lipinski definition) is 3. The molecule has 0 unspecified atom stereocenters. The molecule has 21 heavy (non-hydrogen) atoms. The Morgan fingerprint density at radius 3 is 2.24 bits per heavy atom. The van der Waals surface area contributed by atoms with Gasteiger partial charge in [-0.25, -0.2) is 9.59 Å². The van der Waals surface area contributed by atoms with E-state index >= 15 is 0 Å². The van der Waals surface area contributed by atoms with Gasteiger partial charge in [-0.05, 0) is 57.2 Å². The molecule has 1 aromatic rings. The second kappa shape index (κ2) is 5.76. The lowest BCUT2D eigenvalue weighted by molar-refractivity contribution is 0.0470. The van der Waals surface area contributed by atoms with E-state index in [1.54, 1.807) is 12.1 Å². The summed E-state index contributed by atoms with van der Waals surface area (Å²) >= 11 is 0. The summed E-state index contributed by atoms with van der Waals surface area (Å²) in [6.45, 7) is 5.50. The number of carbonyl (C=O) groups is 2. The van der Waals surface area contributed by atoms with E-state index in [0.717, 1.165) is 18.4 Å². The molecule has 1 saturated carbocycles. The molecule has 0 heterocycles. The second-order valence-corrected chi connectivity index (χ2v) is 6.44. The van der Waals surface area contributed by atoms with Gasteiger partial charge in [0.25, 0.3) is 0 Å². The maximum atomic E-state index is 11.6. The van der Waals surface area contributed by atoms with Gasteiger partial charge in [0.2, 0.25) is 0 Å². The van der Waals surface area contributed by atoms with Crippen LogP contribution in [0.15, 0.2) is 24.3 Å². The molecular formula is C16H21NO4. The van der Waals surface area contributed by atoms with Gasteiger partial charge >= 0.3 is 12.1 Å². The van der Waals surface area contributed by atoms with Crippen LogP contribution in [0.3, 0.4) is 0 Å². The monoisotopic (exact) mass is 291 g/mol. The first-order valence-electron chi connectivity index (χ1n) is 7.07. The highest BCUT2D eigenvalue weighted by atomic mass is 16.6. The number of ether oxygens (including phenoxy) is 1. The smallest absolute Gasteiger partial charge is 0.407 e. The van der Waals surface area contributed by atoms with E-state index in [0.29, 0.717) is 11.5 Å². The molecule has 2 rings (SSSR count). The van der Waals surface area contributed by atoms with E-state index in [4.69, 9.17) is 9.84 Å². The molecule has 2 N–H and O–H groups in total. The van der Waals surface area contributed by atoms with E-state index in [1.807, 2.05) is 32.9 Å². The predicted octanol–water partition coefficient (Wildman–Crippen LogP) is 3.16. The molecule has 114 valence electrons. The van der Waals surface area contributed by atoms with E-state index in [2.05, 4.69) is 5.32 Å². The topological polar surface area (TPSA) is 75.6 Å². The number of amides is 1. The Balaban J connectivity index is 1.81. The summed E-state index contributed by atoms with van der Waals surface area (Å²) < 4.78 is 5.21. The Morgan fingerprint density at radius 2 is 1.76 bits per heavy atom. The van der Waals surface area contributed by atoms with Gasteiger partial charge in [0, 0.05) is 6.04 Å². The third kappa shape index (κ3) is 4.21. The van der Waals surface area contributed by atoms with E-state index < -0.39 is 11.6 Å². The van der Waals surface area contributed by atoms with Crippen molar-refractivity contribution < 1.29 is 19.4 Å². The normalized spacial score (nSPS) is 21.3. The predicted molar refractivity (Wildman–Crippen MR) is 78.5 cm³/mol. The number of hydrogen-bond donors (Lipinski definition) is 2. The number of nitrogens with one attached hydrogen (secondary N) is 1. The van der Waals surface area contributed by atoms with Crippen LogP contribution in [-0.4, -0.2) is 28.8 Å². The summed E-state index contributed by atoms with van der Waals surface area (Å²) in [5.41, 5.74) is 0.920. The molecule has 1 amide bonds.